The predicted octanol–water partition coefficient (Wildman–Crippen LogP) is 4.46. The van der Waals surface area contributed by atoms with E-state index >= 15 is 0 Å². The Morgan fingerprint density at radius 1 is 1.15 bits per heavy atom. The molecule has 0 saturated heterocycles. The molecule has 102 valence electrons. The predicted molar refractivity (Wildman–Crippen MR) is 83.2 cm³/mol. The molecule has 3 nitrogen and oxygen atoms in total. The number of carbonyl (C=O) groups excluding carboxylic acids is 1. The lowest BCUT2D eigenvalue weighted by Crippen LogP contribution is -2.19. The summed E-state index contributed by atoms with van der Waals surface area (Å²) in [6.45, 7) is 0. The van der Waals surface area contributed by atoms with Gasteiger partial charge in [-0.1, -0.05) is 22.0 Å². The number of hydrogen-bond acceptors (Lipinski definition) is 2. The molecule has 0 aromatic heterocycles. The molecule has 1 amide bonds. The molecule has 2 aromatic carbocycles. The lowest BCUT2D eigenvalue weighted by Gasteiger charge is -2.14. The molecular weight excluding hydrogens is 391 g/mol. The van der Waals surface area contributed by atoms with E-state index in [1.165, 1.54) is 12.1 Å². The summed E-state index contributed by atoms with van der Waals surface area (Å²) in [5.74, 6) is -0.461. The van der Waals surface area contributed by atoms with Crippen LogP contribution >= 0.6 is 31.9 Å². The molecule has 1 aliphatic heterocycles. The quantitative estimate of drug-likeness (QED) is 0.782. The Kier molecular flexibility index (Phi) is 3.52. The standard InChI is InChI=1S/C14H9Br2FN2O/c15-7-1-3-9-12(5-7)19-14(20)13(9)18-11-4-2-8(17)6-10(11)16/h1-6,13,18H,(H,19,20). The first-order valence-corrected chi connectivity index (χ1v) is 7.45. The van der Waals surface area contributed by atoms with E-state index < -0.39 is 6.04 Å². The summed E-state index contributed by atoms with van der Waals surface area (Å²) in [6, 6.07) is 9.44. The van der Waals surface area contributed by atoms with Crippen molar-refractivity contribution in [2.45, 2.75) is 6.04 Å². The van der Waals surface area contributed by atoms with E-state index in [-0.39, 0.29) is 11.7 Å². The summed E-state index contributed by atoms with van der Waals surface area (Å²) < 4.78 is 14.6. The topological polar surface area (TPSA) is 41.1 Å². The van der Waals surface area contributed by atoms with E-state index in [9.17, 15) is 9.18 Å². The first kappa shape index (κ1) is 13.6. The zero-order chi connectivity index (χ0) is 14.3. The highest BCUT2D eigenvalue weighted by Gasteiger charge is 2.30. The van der Waals surface area contributed by atoms with E-state index in [1.54, 1.807) is 6.07 Å². The van der Waals surface area contributed by atoms with E-state index in [2.05, 4.69) is 42.5 Å². The number of benzene rings is 2. The molecule has 1 atom stereocenters. The minimum atomic E-state index is -0.486. The van der Waals surface area contributed by atoms with Gasteiger partial charge in [-0.3, -0.25) is 4.79 Å². The normalized spacial score (nSPS) is 16.8. The molecule has 0 radical (unpaired) electrons. The molecule has 0 fully saturated rings. The van der Waals surface area contributed by atoms with Gasteiger partial charge in [0.25, 0.3) is 5.91 Å². The fourth-order valence-corrected chi connectivity index (χ4v) is 2.97. The first-order valence-electron chi connectivity index (χ1n) is 5.86. The highest BCUT2D eigenvalue weighted by molar-refractivity contribution is 9.10. The van der Waals surface area contributed by atoms with Gasteiger partial charge in [0.05, 0.1) is 0 Å². The van der Waals surface area contributed by atoms with Gasteiger partial charge in [0.1, 0.15) is 11.9 Å². The van der Waals surface area contributed by atoms with Crippen molar-refractivity contribution in [2.24, 2.45) is 0 Å². The number of fused-ring (bicyclic) bond motifs is 1. The van der Waals surface area contributed by atoms with Crippen LogP contribution in [0, 0.1) is 5.82 Å². The van der Waals surface area contributed by atoms with E-state index in [0.717, 1.165) is 15.7 Å². The fraction of sp³-hybridized carbons (Fsp3) is 0.0714. The van der Waals surface area contributed by atoms with Crippen molar-refractivity contribution >= 4 is 49.1 Å². The molecule has 3 rings (SSSR count). The average Bonchev–Trinajstić information content (AvgIpc) is 2.68. The van der Waals surface area contributed by atoms with Gasteiger partial charge in [0.15, 0.2) is 0 Å². The van der Waals surface area contributed by atoms with Gasteiger partial charge in [0.2, 0.25) is 0 Å². The zero-order valence-corrected chi connectivity index (χ0v) is 13.3. The number of halogens is 3. The third kappa shape index (κ3) is 2.45. The van der Waals surface area contributed by atoms with Gasteiger partial charge in [-0.05, 0) is 46.3 Å². The van der Waals surface area contributed by atoms with E-state index in [4.69, 9.17) is 0 Å². The lowest BCUT2D eigenvalue weighted by atomic mass is 10.1. The van der Waals surface area contributed by atoms with Crippen LogP contribution in [0.25, 0.3) is 0 Å². The molecule has 2 aromatic rings. The Bertz CT molecular complexity index is 706. The molecule has 6 heteroatoms. The Hall–Kier alpha value is -1.40. The number of rotatable bonds is 2. The van der Waals surface area contributed by atoms with Crippen molar-refractivity contribution in [1.82, 2.24) is 0 Å². The molecular formula is C14H9Br2FN2O. The zero-order valence-electron chi connectivity index (χ0n) is 10.1. The molecule has 1 heterocycles. The monoisotopic (exact) mass is 398 g/mol. The lowest BCUT2D eigenvalue weighted by molar-refractivity contribution is -0.116. The third-order valence-electron chi connectivity index (χ3n) is 3.08. The second kappa shape index (κ2) is 5.18. The average molecular weight is 400 g/mol. The number of anilines is 2. The summed E-state index contributed by atoms with van der Waals surface area (Å²) in [5, 5.41) is 5.94. The van der Waals surface area contributed by atoms with E-state index in [0.29, 0.717) is 10.2 Å². The van der Waals surface area contributed by atoms with Crippen LogP contribution in [0.3, 0.4) is 0 Å². The molecule has 0 saturated carbocycles. The number of nitrogens with one attached hydrogen (secondary N) is 2. The van der Waals surface area contributed by atoms with Crippen molar-refractivity contribution in [2.75, 3.05) is 10.6 Å². The Morgan fingerprint density at radius 2 is 1.95 bits per heavy atom. The highest BCUT2D eigenvalue weighted by atomic mass is 79.9. The van der Waals surface area contributed by atoms with Crippen molar-refractivity contribution in [1.29, 1.82) is 0 Å². The molecule has 2 N–H and O–H groups in total. The van der Waals surface area contributed by atoms with Crippen LogP contribution in [0.15, 0.2) is 45.3 Å². The molecule has 1 unspecified atom stereocenters. The molecule has 20 heavy (non-hydrogen) atoms. The van der Waals surface area contributed by atoms with Gasteiger partial charge in [0, 0.05) is 25.9 Å². The summed E-state index contributed by atoms with van der Waals surface area (Å²) in [4.78, 5) is 12.0. The van der Waals surface area contributed by atoms with Crippen LogP contribution in [0.2, 0.25) is 0 Å². The van der Waals surface area contributed by atoms with Crippen molar-refractivity contribution < 1.29 is 9.18 Å². The summed E-state index contributed by atoms with van der Waals surface area (Å²) in [5.41, 5.74) is 2.32. The van der Waals surface area contributed by atoms with Crippen molar-refractivity contribution in [3.05, 3.63) is 56.7 Å². The Morgan fingerprint density at radius 3 is 2.70 bits per heavy atom. The van der Waals surface area contributed by atoms with Gasteiger partial charge in [-0.2, -0.15) is 0 Å². The molecule has 0 bridgehead atoms. The van der Waals surface area contributed by atoms with Crippen LogP contribution in [0.1, 0.15) is 11.6 Å². The number of hydrogen-bond donors (Lipinski definition) is 2. The van der Waals surface area contributed by atoms with Crippen molar-refractivity contribution in [3.63, 3.8) is 0 Å². The molecule has 0 aliphatic carbocycles. The number of carbonyl (C=O) groups is 1. The van der Waals surface area contributed by atoms with Crippen molar-refractivity contribution in [3.8, 4) is 0 Å². The summed E-state index contributed by atoms with van der Waals surface area (Å²) >= 11 is 6.65. The van der Waals surface area contributed by atoms with Crippen LogP contribution in [-0.2, 0) is 4.79 Å². The molecule has 1 aliphatic rings. The second-order valence-electron chi connectivity index (χ2n) is 4.42. The van der Waals surface area contributed by atoms with Crippen LogP contribution in [0.5, 0.6) is 0 Å². The minimum absolute atomic E-state index is 0.130. The number of amides is 1. The van der Waals surface area contributed by atoms with E-state index in [1.807, 2.05) is 18.2 Å². The smallest absolute Gasteiger partial charge is 0.251 e. The highest BCUT2D eigenvalue weighted by Crippen LogP contribution is 2.36. The first-order chi connectivity index (χ1) is 9.54. The Balaban J connectivity index is 1.94. The summed E-state index contributed by atoms with van der Waals surface area (Å²) in [6.07, 6.45) is 0. The summed E-state index contributed by atoms with van der Waals surface area (Å²) in [7, 11) is 0. The third-order valence-corrected chi connectivity index (χ3v) is 4.23. The second-order valence-corrected chi connectivity index (χ2v) is 6.19. The van der Waals surface area contributed by atoms with Gasteiger partial charge in [-0.25, -0.2) is 4.39 Å². The minimum Gasteiger partial charge on any atom is -0.369 e. The van der Waals surface area contributed by atoms with Crippen LogP contribution < -0.4 is 10.6 Å². The molecule has 0 spiro atoms. The van der Waals surface area contributed by atoms with Gasteiger partial charge in [-0.15, -0.1) is 0 Å². The maximum atomic E-state index is 13.1. The Labute approximate surface area is 131 Å². The largest absolute Gasteiger partial charge is 0.369 e. The maximum Gasteiger partial charge on any atom is 0.251 e. The SMILES string of the molecule is O=C1Nc2cc(Br)ccc2C1Nc1ccc(F)cc1Br. The maximum absolute atomic E-state index is 13.1. The van der Waals surface area contributed by atoms with Gasteiger partial charge >= 0.3 is 0 Å². The van der Waals surface area contributed by atoms with Crippen LogP contribution in [0.4, 0.5) is 15.8 Å². The van der Waals surface area contributed by atoms with Crippen LogP contribution in [-0.4, -0.2) is 5.91 Å². The van der Waals surface area contributed by atoms with Gasteiger partial charge < -0.3 is 10.6 Å². The fourth-order valence-electron chi connectivity index (χ4n) is 2.14.